The molecule has 0 spiro atoms. The van der Waals surface area contributed by atoms with E-state index >= 15 is 0 Å². The first-order valence-electron chi connectivity index (χ1n) is 6.74. The molecule has 3 rings (SSSR count). The summed E-state index contributed by atoms with van der Waals surface area (Å²) >= 11 is 0. The van der Waals surface area contributed by atoms with Gasteiger partial charge in [-0.2, -0.15) is 0 Å². The molecular weight excluding hydrogens is 254 g/mol. The van der Waals surface area contributed by atoms with E-state index < -0.39 is 0 Å². The lowest BCUT2D eigenvalue weighted by molar-refractivity contribution is -0.121. The Kier molecular flexibility index (Phi) is 3.52. The van der Waals surface area contributed by atoms with Crippen molar-refractivity contribution >= 4 is 5.91 Å². The van der Waals surface area contributed by atoms with Gasteiger partial charge in [-0.05, 0) is 25.1 Å². The van der Waals surface area contributed by atoms with E-state index in [0.717, 1.165) is 24.2 Å². The molecule has 1 atom stereocenters. The van der Waals surface area contributed by atoms with Crippen LogP contribution in [0, 0.1) is 5.92 Å². The van der Waals surface area contributed by atoms with Crippen molar-refractivity contribution in [2.24, 2.45) is 11.7 Å². The van der Waals surface area contributed by atoms with Crippen LogP contribution in [-0.4, -0.2) is 28.9 Å². The highest BCUT2D eigenvalue weighted by atomic mass is 16.3. The summed E-state index contributed by atoms with van der Waals surface area (Å²) in [5, 5.41) is 0. The number of hydrogen-bond acceptors (Lipinski definition) is 4. The maximum Gasteiger partial charge on any atom is 0.226 e. The second-order valence-electron chi connectivity index (χ2n) is 5.13. The van der Waals surface area contributed by atoms with Crippen LogP contribution in [-0.2, 0) is 11.3 Å². The van der Waals surface area contributed by atoms with Crippen molar-refractivity contribution in [3.05, 3.63) is 42.3 Å². The number of aromatic nitrogens is 1. The summed E-state index contributed by atoms with van der Waals surface area (Å²) in [4.78, 5) is 17.8. The van der Waals surface area contributed by atoms with Crippen molar-refractivity contribution in [3.8, 4) is 11.5 Å². The van der Waals surface area contributed by atoms with Gasteiger partial charge in [0, 0.05) is 18.7 Å². The number of primary amides is 1. The Labute approximate surface area is 117 Å². The van der Waals surface area contributed by atoms with Crippen molar-refractivity contribution in [1.29, 1.82) is 0 Å². The second kappa shape index (κ2) is 5.46. The smallest absolute Gasteiger partial charge is 0.226 e. The maximum absolute atomic E-state index is 11.2. The molecule has 1 amide bonds. The molecule has 1 saturated heterocycles. The highest BCUT2D eigenvalue weighted by molar-refractivity contribution is 5.77. The van der Waals surface area contributed by atoms with Crippen molar-refractivity contribution in [1.82, 2.24) is 9.88 Å². The summed E-state index contributed by atoms with van der Waals surface area (Å²) in [7, 11) is 0. The van der Waals surface area contributed by atoms with Crippen LogP contribution in [0.3, 0.4) is 0 Å². The van der Waals surface area contributed by atoms with E-state index in [1.807, 2.05) is 30.3 Å². The quantitative estimate of drug-likeness (QED) is 0.917. The van der Waals surface area contributed by atoms with Crippen LogP contribution in [0.25, 0.3) is 11.5 Å². The van der Waals surface area contributed by atoms with Crippen LogP contribution in [0.5, 0.6) is 0 Å². The standard InChI is InChI=1S/C15H17N3O2/c16-14(19)12-6-7-18(8-12)9-13-10-20-15(17-13)11-4-2-1-3-5-11/h1-5,10,12H,6-9H2,(H2,16,19). The highest BCUT2D eigenvalue weighted by Crippen LogP contribution is 2.21. The van der Waals surface area contributed by atoms with E-state index in [9.17, 15) is 4.79 Å². The van der Waals surface area contributed by atoms with Crippen LogP contribution >= 0.6 is 0 Å². The number of nitrogens with zero attached hydrogens (tertiary/aromatic N) is 2. The molecule has 20 heavy (non-hydrogen) atoms. The SMILES string of the molecule is NC(=O)C1CCN(Cc2coc(-c3ccccc3)n2)C1. The van der Waals surface area contributed by atoms with Crippen molar-refractivity contribution in [2.45, 2.75) is 13.0 Å². The molecule has 1 unspecified atom stereocenters. The minimum Gasteiger partial charge on any atom is -0.444 e. The molecule has 2 aromatic rings. The normalized spacial score (nSPS) is 19.3. The molecule has 2 N–H and O–H groups in total. The maximum atomic E-state index is 11.2. The summed E-state index contributed by atoms with van der Waals surface area (Å²) in [6, 6.07) is 9.80. The Balaban J connectivity index is 1.65. The van der Waals surface area contributed by atoms with Crippen LogP contribution in [0.15, 0.2) is 41.0 Å². The molecule has 0 saturated carbocycles. The van der Waals surface area contributed by atoms with Gasteiger partial charge in [-0.25, -0.2) is 4.98 Å². The number of carbonyl (C=O) groups is 1. The summed E-state index contributed by atoms with van der Waals surface area (Å²) in [5.74, 6) is 0.388. The first kappa shape index (κ1) is 12.9. The molecule has 0 radical (unpaired) electrons. The molecule has 5 heteroatoms. The predicted molar refractivity (Wildman–Crippen MR) is 74.5 cm³/mol. The molecule has 0 aliphatic carbocycles. The molecule has 1 fully saturated rings. The zero-order chi connectivity index (χ0) is 13.9. The summed E-state index contributed by atoms with van der Waals surface area (Å²) < 4.78 is 5.51. The topological polar surface area (TPSA) is 72.4 Å². The monoisotopic (exact) mass is 271 g/mol. The average molecular weight is 271 g/mol. The molecule has 1 aromatic heterocycles. The number of hydrogen-bond donors (Lipinski definition) is 1. The number of likely N-dealkylation sites (tertiary alicyclic amines) is 1. The minimum atomic E-state index is -0.211. The molecule has 5 nitrogen and oxygen atoms in total. The molecule has 1 aliphatic rings. The number of amides is 1. The lowest BCUT2D eigenvalue weighted by Crippen LogP contribution is -2.27. The van der Waals surface area contributed by atoms with E-state index in [0.29, 0.717) is 19.0 Å². The fourth-order valence-electron chi connectivity index (χ4n) is 2.53. The van der Waals surface area contributed by atoms with Gasteiger partial charge in [-0.3, -0.25) is 9.69 Å². The van der Waals surface area contributed by atoms with E-state index in [-0.39, 0.29) is 11.8 Å². The molecular formula is C15H17N3O2. The van der Waals surface area contributed by atoms with Gasteiger partial charge in [0.25, 0.3) is 0 Å². The van der Waals surface area contributed by atoms with Gasteiger partial charge in [-0.1, -0.05) is 18.2 Å². The van der Waals surface area contributed by atoms with Crippen LogP contribution in [0.4, 0.5) is 0 Å². The highest BCUT2D eigenvalue weighted by Gasteiger charge is 2.27. The number of rotatable bonds is 4. The number of oxazole rings is 1. The zero-order valence-corrected chi connectivity index (χ0v) is 11.2. The third-order valence-corrected chi connectivity index (χ3v) is 3.63. The first-order valence-corrected chi connectivity index (χ1v) is 6.74. The van der Waals surface area contributed by atoms with Gasteiger partial charge in [-0.15, -0.1) is 0 Å². The van der Waals surface area contributed by atoms with Crippen molar-refractivity contribution < 1.29 is 9.21 Å². The Morgan fingerprint density at radius 2 is 2.20 bits per heavy atom. The van der Waals surface area contributed by atoms with Gasteiger partial charge in [0.05, 0.1) is 11.6 Å². The third kappa shape index (κ3) is 2.72. The molecule has 0 bridgehead atoms. The van der Waals surface area contributed by atoms with Crippen molar-refractivity contribution in [2.75, 3.05) is 13.1 Å². The summed E-state index contributed by atoms with van der Waals surface area (Å²) in [6.07, 6.45) is 2.51. The molecule has 1 aliphatic heterocycles. The van der Waals surface area contributed by atoms with Crippen molar-refractivity contribution in [3.63, 3.8) is 0 Å². The van der Waals surface area contributed by atoms with Gasteiger partial charge in [0.15, 0.2) is 0 Å². The average Bonchev–Trinajstić information content (AvgIpc) is 3.10. The fourth-order valence-corrected chi connectivity index (χ4v) is 2.53. The Bertz CT molecular complexity index is 594. The zero-order valence-electron chi connectivity index (χ0n) is 11.2. The summed E-state index contributed by atoms with van der Waals surface area (Å²) in [5.41, 5.74) is 7.18. The fraction of sp³-hybridized carbons (Fsp3) is 0.333. The number of carbonyl (C=O) groups excluding carboxylic acids is 1. The van der Waals surface area contributed by atoms with Gasteiger partial charge < -0.3 is 10.2 Å². The first-order chi connectivity index (χ1) is 9.72. The Morgan fingerprint density at radius 3 is 2.90 bits per heavy atom. The van der Waals surface area contributed by atoms with E-state index in [1.54, 1.807) is 6.26 Å². The lowest BCUT2D eigenvalue weighted by Gasteiger charge is -2.12. The molecule has 1 aromatic carbocycles. The largest absolute Gasteiger partial charge is 0.444 e. The van der Waals surface area contributed by atoms with Gasteiger partial charge in [0.1, 0.15) is 6.26 Å². The number of nitrogens with two attached hydrogens (primary N) is 1. The van der Waals surface area contributed by atoms with Gasteiger partial charge in [0.2, 0.25) is 11.8 Å². The second-order valence-corrected chi connectivity index (χ2v) is 5.13. The van der Waals surface area contributed by atoms with E-state index in [4.69, 9.17) is 10.2 Å². The molecule has 104 valence electrons. The van der Waals surface area contributed by atoms with Crippen LogP contribution < -0.4 is 5.73 Å². The number of benzene rings is 1. The van der Waals surface area contributed by atoms with E-state index in [1.165, 1.54) is 0 Å². The predicted octanol–water partition coefficient (Wildman–Crippen LogP) is 1.65. The van der Waals surface area contributed by atoms with E-state index in [2.05, 4.69) is 9.88 Å². The molecule has 2 heterocycles. The minimum absolute atomic E-state index is 0.0319. The van der Waals surface area contributed by atoms with Crippen LogP contribution in [0.1, 0.15) is 12.1 Å². The van der Waals surface area contributed by atoms with Crippen LogP contribution in [0.2, 0.25) is 0 Å². The lowest BCUT2D eigenvalue weighted by atomic mass is 10.1. The Hall–Kier alpha value is -2.14. The third-order valence-electron chi connectivity index (χ3n) is 3.63. The summed E-state index contributed by atoms with van der Waals surface area (Å²) in [6.45, 7) is 2.28. The Morgan fingerprint density at radius 1 is 1.40 bits per heavy atom. The van der Waals surface area contributed by atoms with Gasteiger partial charge >= 0.3 is 0 Å².